The molecule has 0 radical (unpaired) electrons. The Morgan fingerprint density at radius 1 is 1.11 bits per heavy atom. The van der Waals surface area contributed by atoms with E-state index in [2.05, 4.69) is 24.1 Å². The van der Waals surface area contributed by atoms with E-state index >= 15 is 0 Å². The fourth-order valence-electron chi connectivity index (χ4n) is 2.57. The summed E-state index contributed by atoms with van der Waals surface area (Å²) < 4.78 is 0. The molecular weight excluding hydrogens is 224 g/mol. The van der Waals surface area contributed by atoms with Gasteiger partial charge in [0.25, 0.3) is 0 Å². The van der Waals surface area contributed by atoms with Gasteiger partial charge in [-0.15, -0.1) is 0 Å². The third-order valence-electron chi connectivity index (χ3n) is 4.16. The van der Waals surface area contributed by atoms with Gasteiger partial charge in [0, 0.05) is 13.1 Å². The molecule has 3 nitrogen and oxygen atoms in total. The summed E-state index contributed by atoms with van der Waals surface area (Å²) in [6.07, 6.45) is 7.27. The van der Waals surface area contributed by atoms with E-state index in [1.165, 1.54) is 38.5 Å². The molecule has 1 heterocycles. The molecule has 1 unspecified atom stereocenters. The number of nitrogens with zero attached hydrogens (tertiary/aromatic N) is 1. The average Bonchev–Trinajstić information content (AvgIpc) is 2.67. The van der Waals surface area contributed by atoms with Gasteiger partial charge in [0.05, 0.1) is 6.04 Å². The summed E-state index contributed by atoms with van der Waals surface area (Å²) in [4.78, 5) is 14.4. The Hall–Kier alpha value is -0.570. The van der Waals surface area contributed by atoms with Crippen LogP contribution in [0, 0.1) is 5.92 Å². The van der Waals surface area contributed by atoms with Gasteiger partial charge in [-0.25, -0.2) is 0 Å². The lowest BCUT2D eigenvalue weighted by atomic mass is 10.0. The summed E-state index contributed by atoms with van der Waals surface area (Å²) in [6, 6.07) is -0.0244. The molecule has 1 atom stereocenters. The van der Waals surface area contributed by atoms with Crippen molar-refractivity contribution in [2.45, 2.75) is 65.3 Å². The maximum Gasteiger partial charge on any atom is 0.239 e. The van der Waals surface area contributed by atoms with E-state index in [4.69, 9.17) is 0 Å². The van der Waals surface area contributed by atoms with E-state index in [1.807, 2.05) is 6.92 Å². The largest absolute Gasteiger partial charge is 0.341 e. The van der Waals surface area contributed by atoms with E-state index in [-0.39, 0.29) is 6.04 Å². The van der Waals surface area contributed by atoms with Crippen LogP contribution in [0.25, 0.3) is 0 Å². The van der Waals surface area contributed by atoms with E-state index in [0.717, 1.165) is 19.6 Å². The lowest BCUT2D eigenvalue weighted by Gasteiger charge is -2.25. The molecule has 1 rings (SSSR count). The minimum Gasteiger partial charge on any atom is -0.341 e. The number of hydrogen-bond acceptors (Lipinski definition) is 2. The van der Waals surface area contributed by atoms with Crippen molar-refractivity contribution in [1.29, 1.82) is 0 Å². The topological polar surface area (TPSA) is 32.3 Å². The van der Waals surface area contributed by atoms with E-state index in [1.54, 1.807) is 0 Å². The lowest BCUT2D eigenvalue weighted by Crippen LogP contribution is -2.46. The zero-order chi connectivity index (χ0) is 13.4. The number of carbonyl (C=O) groups is 1. The zero-order valence-electron chi connectivity index (χ0n) is 12.4. The van der Waals surface area contributed by atoms with Crippen molar-refractivity contribution in [3.05, 3.63) is 0 Å². The highest BCUT2D eigenvalue weighted by molar-refractivity contribution is 5.81. The van der Waals surface area contributed by atoms with Crippen molar-refractivity contribution in [3.8, 4) is 0 Å². The highest BCUT2D eigenvalue weighted by Crippen LogP contribution is 2.11. The van der Waals surface area contributed by atoms with Crippen LogP contribution in [0.2, 0.25) is 0 Å². The molecule has 1 saturated heterocycles. The molecule has 1 N–H and O–H groups in total. The van der Waals surface area contributed by atoms with Gasteiger partial charge < -0.3 is 10.2 Å². The Kier molecular flexibility index (Phi) is 7.33. The van der Waals surface area contributed by atoms with Gasteiger partial charge in [-0.3, -0.25) is 4.79 Å². The molecule has 0 aromatic heterocycles. The van der Waals surface area contributed by atoms with Crippen molar-refractivity contribution in [3.63, 3.8) is 0 Å². The molecule has 1 aliphatic rings. The third-order valence-corrected chi connectivity index (χ3v) is 4.16. The molecule has 0 spiro atoms. The lowest BCUT2D eigenvalue weighted by molar-refractivity contribution is -0.133. The van der Waals surface area contributed by atoms with Crippen molar-refractivity contribution in [2.24, 2.45) is 5.92 Å². The fourth-order valence-corrected chi connectivity index (χ4v) is 2.57. The van der Waals surface area contributed by atoms with Crippen molar-refractivity contribution in [2.75, 3.05) is 19.6 Å². The van der Waals surface area contributed by atoms with Crippen LogP contribution >= 0.6 is 0 Å². The summed E-state index contributed by atoms with van der Waals surface area (Å²) in [5.74, 6) is 0.993. The Morgan fingerprint density at radius 3 is 2.17 bits per heavy atom. The van der Waals surface area contributed by atoms with Gasteiger partial charge >= 0.3 is 0 Å². The average molecular weight is 254 g/mol. The molecule has 3 heteroatoms. The van der Waals surface area contributed by atoms with Gasteiger partial charge in [-0.05, 0) is 32.2 Å². The predicted molar refractivity (Wildman–Crippen MR) is 76.6 cm³/mol. The Balaban J connectivity index is 2.35. The molecule has 0 saturated carbocycles. The van der Waals surface area contributed by atoms with Crippen LogP contribution in [0.15, 0.2) is 0 Å². The van der Waals surface area contributed by atoms with Gasteiger partial charge in [-0.2, -0.15) is 0 Å². The zero-order valence-corrected chi connectivity index (χ0v) is 12.4. The van der Waals surface area contributed by atoms with Crippen LogP contribution in [0.1, 0.15) is 59.3 Å². The number of likely N-dealkylation sites (tertiary alicyclic amines) is 1. The molecule has 106 valence electrons. The van der Waals surface area contributed by atoms with Crippen molar-refractivity contribution >= 4 is 5.91 Å². The summed E-state index contributed by atoms with van der Waals surface area (Å²) >= 11 is 0. The van der Waals surface area contributed by atoms with E-state index in [0.29, 0.717) is 11.8 Å². The number of nitrogens with one attached hydrogen (secondary N) is 1. The van der Waals surface area contributed by atoms with Crippen LogP contribution in [-0.2, 0) is 4.79 Å². The molecule has 1 amide bonds. The first-order valence-corrected chi connectivity index (χ1v) is 7.71. The first-order chi connectivity index (χ1) is 8.69. The SMILES string of the molecule is CCC(CC)CNC(C)C(=O)N1CCCCCC1. The standard InChI is InChI=1S/C15H30N2O/c1-4-14(5-2)12-16-13(3)15(18)17-10-8-6-7-9-11-17/h13-14,16H,4-12H2,1-3H3. The van der Waals surface area contributed by atoms with Gasteiger partial charge in [0.1, 0.15) is 0 Å². The molecule has 18 heavy (non-hydrogen) atoms. The molecule has 0 aromatic rings. The molecule has 1 aliphatic heterocycles. The normalized spacial score (nSPS) is 18.8. The number of rotatable bonds is 6. The fraction of sp³-hybridized carbons (Fsp3) is 0.933. The number of hydrogen-bond donors (Lipinski definition) is 1. The maximum absolute atomic E-state index is 12.3. The molecule has 0 bridgehead atoms. The monoisotopic (exact) mass is 254 g/mol. The summed E-state index contributed by atoms with van der Waals surface area (Å²) in [5.41, 5.74) is 0. The number of amides is 1. The van der Waals surface area contributed by atoms with E-state index in [9.17, 15) is 4.79 Å². The summed E-state index contributed by atoms with van der Waals surface area (Å²) in [7, 11) is 0. The van der Waals surface area contributed by atoms with Crippen LogP contribution < -0.4 is 5.32 Å². The van der Waals surface area contributed by atoms with Crippen LogP contribution in [-0.4, -0.2) is 36.5 Å². The second-order valence-electron chi connectivity index (χ2n) is 5.55. The first kappa shape index (κ1) is 15.5. The predicted octanol–water partition coefficient (Wildman–Crippen LogP) is 2.80. The highest BCUT2D eigenvalue weighted by Gasteiger charge is 2.21. The third kappa shape index (κ3) is 4.97. The number of carbonyl (C=O) groups excluding carboxylic acids is 1. The van der Waals surface area contributed by atoms with Gasteiger partial charge in [0.2, 0.25) is 5.91 Å². The Labute approximate surface area is 112 Å². The highest BCUT2D eigenvalue weighted by atomic mass is 16.2. The van der Waals surface area contributed by atoms with Crippen LogP contribution in [0.5, 0.6) is 0 Å². The maximum atomic E-state index is 12.3. The molecular formula is C15H30N2O. The quantitative estimate of drug-likeness (QED) is 0.790. The summed E-state index contributed by atoms with van der Waals surface area (Å²) in [6.45, 7) is 9.32. The Bertz CT molecular complexity index is 231. The minimum atomic E-state index is -0.0244. The first-order valence-electron chi connectivity index (χ1n) is 7.71. The van der Waals surface area contributed by atoms with Gasteiger partial charge in [0.15, 0.2) is 0 Å². The molecule has 1 fully saturated rings. The van der Waals surface area contributed by atoms with Crippen molar-refractivity contribution in [1.82, 2.24) is 10.2 Å². The second kappa shape index (κ2) is 8.52. The smallest absolute Gasteiger partial charge is 0.239 e. The van der Waals surface area contributed by atoms with Crippen LogP contribution in [0.4, 0.5) is 0 Å². The second-order valence-corrected chi connectivity index (χ2v) is 5.55. The molecule has 0 aliphatic carbocycles. The van der Waals surface area contributed by atoms with Crippen LogP contribution in [0.3, 0.4) is 0 Å². The van der Waals surface area contributed by atoms with Crippen molar-refractivity contribution < 1.29 is 4.79 Å². The molecule has 0 aromatic carbocycles. The van der Waals surface area contributed by atoms with E-state index < -0.39 is 0 Å². The minimum absolute atomic E-state index is 0.0244. The Morgan fingerprint density at radius 2 is 1.67 bits per heavy atom. The summed E-state index contributed by atoms with van der Waals surface area (Å²) in [5, 5.41) is 3.41. The van der Waals surface area contributed by atoms with Gasteiger partial charge in [-0.1, -0.05) is 39.5 Å².